The van der Waals surface area contributed by atoms with Gasteiger partial charge in [-0.25, -0.2) is 4.57 Å². The summed E-state index contributed by atoms with van der Waals surface area (Å²) in [5.74, 6) is -1.04. The molecule has 0 spiro atoms. The molecule has 12 heteroatoms. The molecule has 2 amide bonds. The molecule has 2 unspecified atom stereocenters. The molecule has 0 radical (unpaired) electrons. The number of amides is 2. The zero-order chi connectivity index (χ0) is 24.5. The first-order valence-electron chi connectivity index (χ1n) is 10.0. The minimum atomic E-state index is -4.36. The van der Waals surface area contributed by atoms with E-state index in [-0.39, 0.29) is 31.5 Å². The summed E-state index contributed by atoms with van der Waals surface area (Å²) in [6, 6.07) is 0. The zero-order valence-electron chi connectivity index (χ0n) is 19.7. The number of carbonyl (C=O) groups is 2. The molecule has 0 aromatic carbocycles. The molecule has 31 heavy (non-hydrogen) atoms. The second-order valence-corrected chi connectivity index (χ2v) is 10.5. The summed E-state index contributed by atoms with van der Waals surface area (Å²) in [4.78, 5) is 38.9. The van der Waals surface area contributed by atoms with E-state index < -0.39 is 37.5 Å². The number of carbonyl (C=O) groups excluding carboxylic acids is 2. The summed E-state index contributed by atoms with van der Waals surface area (Å²) in [5.41, 5.74) is -1.49. The highest BCUT2D eigenvalue weighted by Gasteiger charge is 2.38. The second-order valence-electron chi connectivity index (χ2n) is 9.14. The van der Waals surface area contributed by atoms with Gasteiger partial charge in [0.25, 0.3) is 0 Å². The molecular weight excluding hydrogens is 429 g/mol. The number of aliphatic hydroxyl groups is 1. The van der Waals surface area contributed by atoms with Gasteiger partial charge in [-0.3, -0.25) is 18.6 Å². The van der Waals surface area contributed by atoms with Crippen molar-refractivity contribution in [1.29, 1.82) is 0 Å². The Balaban J connectivity index is 4.44. The van der Waals surface area contributed by atoms with Gasteiger partial charge in [0.1, 0.15) is 12.2 Å². The van der Waals surface area contributed by atoms with Gasteiger partial charge >= 0.3 is 7.82 Å². The van der Waals surface area contributed by atoms with Gasteiger partial charge in [0.05, 0.1) is 24.5 Å². The standard InChI is InChI=1S/C19H38N3O8P/c1-13(2)29-22-14(3)11-21-15(23)9-10-20-17(25)16(24)19(7,8)12-28-31(26,27)30-18(4,5)6/h13,16,24H,9-12H2,1-8H3,(H,20,25)(H,21,23)(H,26,27)/b22-14+. The Labute approximate surface area is 184 Å². The number of nitrogens with one attached hydrogen (secondary N) is 2. The molecule has 0 heterocycles. The van der Waals surface area contributed by atoms with Crippen LogP contribution in [0.25, 0.3) is 0 Å². The Bertz CT molecular complexity index is 674. The Kier molecular flexibility index (Phi) is 11.9. The van der Waals surface area contributed by atoms with Crippen LogP contribution in [0.2, 0.25) is 0 Å². The molecule has 0 aromatic heterocycles. The lowest BCUT2D eigenvalue weighted by Gasteiger charge is -2.31. The highest BCUT2D eigenvalue weighted by molar-refractivity contribution is 7.47. The van der Waals surface area contributed by atoms with Crippen LogP contribution >= 0.6 is 7.82 Å². The van der Waals surface area contributed by atoms with Crippen LogP contribution in [0.1, 0.15) is 61.8 Å². The van der Waals surface area contributed by atoms with Crippen LogP contribution in [0.4, 0.5) is 0 Å². The molecule has 0 aliphatic heterocycles. The molecule has 0 rings (SSSR count). The van der Waals surface area contributed by atoms with Crippen molar-refractivity contribution in [2.45, 2.75) is 79.6 Å². The van der Waals surface area contributed by atoms with E-state index in [1.165, 1.54) is 13.8 Å². The number of hydrogen-bond acceptors (Lipinski definition) is 8. The average Bonchev–Trinajstić information content (AvgIpc) is 2.60. The van der Waals surface area contributed by atoms with Crippen molar-refractivity contribution < 1.29 is 38.0 Å². The Hall–Kier alpha value is -1.52. The second kappa shape index (κ2) is 12.5. The maximum atomic E-state index is 12.2. The summed E-state index contributed by atoms with van der Waals surface area (Å²) < 4.78 is 21.9. The van der Waals surface area contributed by atoms with Gasteiger partial charge in [-0.2, -0.15) is 0 Å². The molecule has 0 saturated heterocycles. The highest BCUT2D eigenvalue weighted by Crippen LogP contribution is 2.48. The minimum Gasteiger partial charge on any atom is -0.393 e. The largest absolute Gasteiger partial charge is 0.472 e. The smallest absolute Gasteiger partial charge is 0.393 e. The Morgan fingerprint density at radius 2 is 1.71 bits per heavy atom. The van der Waals surface area contributed by atoms with Crippen LogP contribution < -0.4 is 10.6 Å². The fraction of sp³-hybridized carbons (Fsp3) is 0.842. The molecule has 2 atom stereocenters. The first-order valence-corrected chi connectivity index (χ1v) is 11.5. The van der Waals surface area contributed by atoms with Crippen molar-refractivity contribution in [3.63, 3.8) is 0 Å². The van der Waals surface area contributed by atoms with Crippen LogP contribution in [-0.2, 0) is 28.0 Å². The van der Waals surface area contributed by atoms with E-state index >= 15 is 0 Å². The number of rotatable bonds is 13. The van der Waals surface area contributed by atoms with E-state index in [0.29, 0.717) is 5.71 Å². The molecule has 0 aliphatic rings. The van der Waals surface area contributed by atoms with Crippen molar-refractivity contribution >= 4 is 25.3 Å². The molecule has 182 valence electrons. The third-order valence-corrected chi connectivity index (χ3v) is 4.82. The van der Waals surface area contributed by atoms with Gasteiger partial charge in [-0.05, 0) is 41.5 Å². The number of nitrogens with zero attached hydrogens (tertiary/aromatic N) is 1. The SMILES string of the molecule is C/C(CNC(=O)CCNC(=O)C(O)C(C)(C)COP(=O)(O)OC(C)(C)C)=N\OC(C)C. The third kappa shape index (κ3) is 14.2. The molecule has 0 bridgehead atoms. The molecule has 4 N–H and O–H groups in total. The van der Waals surface area contributed by atoms with E-state index in [4.69, 9.17) is 13.9 Å². The fourth-order valence-electron chi connectivity index (χ4n) is 1.99. The summed E-state index contributed by atoms with van der Waals surface area (Å²) in [6.07, 6.45) is -1.59. The van der Waals surface area contributed by atoms with E-state index in [2.05, 4.69) is 15.8 Å². The van der Waals surface area contributed by atoms with Crippen LogP contribution in [0.5, 0.6) is 0 Å². The van der Waals surface area contributed by atoms with Crippen molar-refractivity contribution in [1.82, 2.24) is 10.6 Å². The fourth-order valence-corrected chi connectivity index (χ4v) is 3.23. The first-order chi connectivity index (χ1) is 13.9. The first kappa shape index (κ1) is 29.5. The van der Waals surface area contributed by atoms with Gasteiger partial charge < -0.3 is 25.5 Å². The zero-order valence-corrected chi connectivity index (χ0v) is 20.6. The minimum absolute atomic E-state index is 0.00102. The quantitative estimate of drug-likeness (QED) is 0.181. The van der Waals surface area contributed by atoms with Gasteiger partial charge in [0, 0.05) is 18.4 Å². The third-order valence-electron chi connectivity index (χ3n) is 3.59. The van der Waals surface area contributed by atoms with E-state index in [1.54, 1.807) is 27.7 Å². The highest BCUT2D eigenvalue weighted by atomic mass is 31.2. The van der Waals surface area contributed by atoms with E-state index in [0.717, 1.165) is 0 Å². The van der Waals surface area contributed by atoms with Crippen LogP contribution in [0, 0.1) is 5.41 Å². The normalized spacial score (nSPS) is 15.9. The summed E-state index contributed by atoms with van der Waals surface area (Å²) in [7, 11) is -4.36. The van der Waals surface area contributed by atoms with Crippen molar-refractivity contribution in [2.24, 2.45) is 10.6 Å². The van der Waals surface area contributed by atoms with Crippen molar-refractivity contribution in [3.05, 3.63) is 0 Å². The molecule has 0 fully saturated rings. The maximum absolute atomic E-state index is 12.2. The molecule has 0 aromatic rings. The van der Waals surface area contributed by atoms with E-state index in [9.17, 15) is 24.2 Å². The van der Waals surface area contributed by atoms with Gasteiger partial charge in [-0.15, -0.1) is 0 Å². The van der Waals surface area contributed by atoms with Crippen molar-refractivity contribution in [3.8, 4) is 0 Å². The number of aliphatic hydroxyl groups excluding tert-OH is 1. The van der Waals surface area contributed by atoms with Gasteiger partial charge in [0.2, 0.25) is 11.8 Å². The average molecular weight is 468 g/mol. The number of phosphoric ester groups is 1. The van der Waals surface area contributed by atoms with E-state index in [1.807, 2.05) is 13.8 Å². The van der Waals surface area contributed by atoms with Crippen LogP contribution in [0.15, 0.2) is 5.16 Å². The molecule has 0 saturated carbocycles. The maximum Gasteiger partial charge on any atom is 0.472 e. The van der Waals surface area contributed by atoms with Gasteiger partial charge in [0.15, 0.2) is 0 Å². The lowest BCUT2D eigenvalue weighted by Crippen LogP contribution is -2.46. The topological polar surface area (TPSA) is 156 Å². The van der Waals surface area contributed by atoms with Gasteiger partial charge in [-0.1, -0.05) is 19.0 Å². The molecule has 11 nitrogen and oxygen atoms in total. The van der Waals surface area contributed by atoms with Crippen LogP contribution in [0.3, 0.4) is 0 Å². The Morgan fingerprint density at radius 1 is 1.13 bits per heavy atom. The monoisotopic (exact) mass is 467 g/mol. The Morgan fingerprint density at radius 3 is 2.23 bits per heavy atom. The predicted octanol–water partition coefficient (Wildman–Crippen LogP) is 1.73. The number of phosphoric acid groups is 1. The summed E-state index contributed by atoms with van der Waals surface area (Å²) in [5, 5.41) is 19.2. The lowest BCUT2D eigenvalue weighted by molar-refractivity contribution is -0.137. The summed E-state index contributed by atoms with van der Waals surface area (Å²) >= 11 is 0. The molecular formula is C19H38N3O8P. The molecule has 0 aliphatic carbocycles. The lowest BCUT2D eigenvalue weighted by atomic mass is 9.87. The number of oxime groups is 1. The number of hydrogen-bond donors (Lipinski definition) is 4. The summed E-state index contributed by atoms with van der Waals surface area (Å²) in [6.45, 7) is 13.0. The van der Waals surface area contributed by atoms with Crippen molar-refractivity contribution in [2.75, 3.05) is 19.7 Å². The predicted molar refractivity (Wildman–Crippen MR) is 116 cm³/mol. The van der Waals surface area contributed by atoms with Crippen LogP contribution in [-0.4, -0.2) is 65.0 Å².